The summed E-state index contributed by atoms with van der Waals surface area (Å²) in [5, 5.41) is 20.3. The van der Waals surface area contributed by atoms with Gasteiger partial charge in [0.2, 0.25) is 11.7 Å². The minimum Gasteiger partial charge on any atom is -0.370 e. The fourth-order valence-electron chi connectivity index (χ4n) is 3.70. The summed E-state index contributed by atoms with van der Waals surface area (Å²) in [6.45, 7) is 1.43. The van der Waals surface area contributed by atoms with Gasteiger partial charge in [-0.3, -0.25) is 5.41 Å². The van der Waals surface area contributed by atoms with Crippen LogP contribution in [-0.4, -0.2) is 42.5 Å². The zero-order valence-electron chi connectivity index (χ0n) is 15.9. The second-order valence-corrected chi connectivity index (χ2v) is 7.51. The highest BCUT2D eigenvalue weighted by atomic mass is 35.5. The number of aromatic nitrogens is 5. The largest absolute Gasteiger partial charge is 0.370 e. The van der Waals surface area contributed by atoms with E-state index in [-0.39, 0.29) is 24.4 Å². The Hall–Kier alpha value is -2.94. The van der Waals surface area contributed by atoms with Gasteiger partial charge in [0.05, 0.1) is 12.2 Å². The second-order valence-electron chi connectivity index (χ2n) is 7.51. The molecule has 1 aliphatic heterocycles. The molecule has 29 heavy (non-hydrogen) atoms. The van der Waals surface area contributed by atoms with Crippen molar-refractivity contribution in [1.82, 2.24) is 30.0 Å². The van der Waals surface area contributed by atoms with Crippen molar-refractivity contribution in [2.45, 2.75) is 44.2 Å². The zero-order chi connectivity index (χ0) is 19.1. The lowest BCUT2D eigenvalue weighted by atomic mass is 10.1. The van der Waals surface area contributed by atoms with E-state index in [0.29, 0.717) is 24.2 Å². The van der Waals surface area contributed by atoms with Crippen LogP contribution in [0.1, 0.15) is 54.8 Å². The van der Waals surface area contributed by atoms with Gasteiger partial charge in [-0.1, -0.05) is 34.6 Å². The summed E-state index contributed by atoms with van der Waals surface area (Å²) in [4.78, 5) is 6.34. The number of rotatable bonds is 5. The molecular formula is C19H23ClN8O. The van der Waals surface area contributed by atoms with Crippen LogP contribution in [0.2, 0.25) is 0 Å². The van der Waals surface area contributed by atoms with Gasteiger partial charge in [0, 0.05) is 24.2 Å². The lowest BCUT2D eigenvalue weighted by Gasteiger charge is -2.21. The third-order valence-corrected chi connectivity index (χ3v) is 5.40. The molecule has 3 heterocycles. The number of nitrogens with two attached hydrogens (primary N) is 1. The number of guanidine groups is 1. The summed E-state index contributed by atoms with van der Waals surface area (Å²) in [5.41, 5.74) is 8.78. The van der Waals surface area contributed by atoms with E-state index in [1.54, 1.807) is 4.90 Å². The van der Waals surface area contributed by atoms with Gasteiger partial charge in [-0.2, -0.15) is 4.98 Å². The standard InChI is InChI=1S/C19H22N8O.ClH/c20-19(21)27-9-1-2-16(27)18-22-17(24-28-18)14-5-3-12(4-6-14)10-26-11-15(23-25-26)13-7-8-13;/h3-6,11,13,16H,1-2,7-10H2,(H3,20,21);1H/t16-;/m0./s1. The molecule has 1 aliphatic carbocycles. The molecule has 1 saturated carbocycles. The Balaban J connectivity index is 0.00000205. The van der Waals surface area contributed by atoms with Gasteiger partial charge in [-0.15, -0.1) is 17.5 Å². The first kappa shape index (κ1) is 19.4. The minimum atomic E-state index is -0.106. The topological polar surface area (TPSA) is 123 Å². The van der Waals surface area contributed by atoms with Gasteiger partial charge < -0.3 is 15.2 Å². The Bertz CT molecular complexity index is 994. The highest BCUT2D eigenvalue weighted by Crippen LogP contribution is 2.38. The summed E-state index contributed by atoms with van der Waals surface area (Å²) in [6.07, 6.45) is 6.32. The summed E-state index contributed by atoms with van der Waals surface area (Å²) in [6, 6.07) is 7.95. The van der Waals surface area contributed by atoms with Gasteiger partial charge in [0.15, 0.2) is 5.96 Å². The molecule has 0 bridgehead atoms. The number of nitrogens with one attached hydrogen (secondary N) is 1. The van der Waals surface area contributed by atoms with E-state index >= 15 is 0 Å². The normalized spacial score (nSPS) is 18.6. The first-order valence-electron chi connectivity index (χ1n) is 9.61. The van der Waals surface area contributed by atoms with Crippen molar-refractivity contribution in [2.75, 3.05) is 6.54 Å². The quantitative estimate of drug-likeness (QED) is 0.486. The average molecular weight is 415 g/mol. The molecule has 1 atom stereocenters. The average Bonchev–Trinajstić information content (AvgIpc) is 3.12. The third-order valence-electron chi connectivity index (χ3n) is 5.40. The highest BCUT2D eigenvalue weighted by Gasteiger charge is 2.31. The number of benzene rings is 1. The molecule has 10 heteroatoms. The fraction of sp³-hybridized carbons (Fsp3) is 0.421. The van der Waals surface area contributed by atoms with Gasteiger partial charge >= 0.3 is 0 Å². The Labute approximate surface area is 174 Å². The lowest BCUT2D eigenvalue weighted by molar-refractivity contribution is 0.283. The van der Waals surface area contributed by atoms with Crippen molar-refractivity contribution in [3.05, 3.63) is 47.6 Å². The summed E-state index contributed by atoms with van der Waals surface area (Å²) >= 11 is 0. The molecule has 1 saturated heterocycles. The van der Waals surface area contributed by atoms with Gasteiger partial charge in [-0.25, -0.2) is 4.68 Å². The van der Waals surface area contributed by atoms with Crippen LogP contribution in [0.25, 0.3) is 11.4 Å². The smallest absolute Gasteiger partial charge is 0.249 e. The molecular weight excluding hydrogens is 392 g/mol. The van der Waals surface area contributed by atoms with E-state index in [0.717, 1.165) is 36.2 Å². The summed E-state index contributed by atoms with van der Waals surface area (Å²) < 4.78 is 7.34. The van der Waals surface area contributed by atoms with Crippen LogP contribution in [0.5, 0.6) is 0 Å². The van der Waals surface area contributed by atoms with E-state index in [9.17, 15) is 0 Å². The number of halogens is 1. The van der Waals surface area contributed by atoms with Crippen LogP contribution >= 0.6 is 12.4 Å². The Kier molecular flexibility index (Phi) is 5.23. The second kappa shape index (κ2) is 7.82. The minimum absolute atomic E-state index is 0. The van der Waals surface area contributed by atoms with Crippen LogP contribution in [0.3, 0.4) is 0 Å². The van der Waals surface area contributed by atoms with Crippen LogP contribution in [-0.2, 0) is 6.54 Å². The number of likely N-dealkylation sites (tertiary alicyclic amines) is 1. The Morgan fingerprint density at radius 1 is 1.21 bits per heavy atom. The molecule has 5 rings (SSSR count). The third kappa shape index (κ3) is 3.95. The molecule has 0 amide bonds. The highest BCUT2D eigenvalue weighted by molar-refractivity contribution is 5.85. The molecule has 2 fully saturated rings. The molecule has 2 aromatic heterocycles. The van der Waals surface area contributed by atoms with Crippen LogP contribution in [0.15, 0.2) is 35.0 Å². The zero-order valence-corrected chi connectivity index (χ0v) is 16.7. The van der Waals surface area contributed by atoms with Crippen molar-refractivity contribution in [3.8, 4) is 11.4 Å². The van der Waals surface area contributed by atoms with Gasteiger partial charge in [-0.05, 0) is 31.2 Å². The molecule has 0 spiro atoms. The predicted molar refractivity (Wildman–Crippen MR) is 109 cm³/mol. The van der Waals surface area contributed by atoms with Crippen molar-refractivity contribution in [1.29, 1.82) is 5.41 Å². The first-order chi connectivity index (χ1) is 13.7. The van der Waals surface area contributed by atoms with E-state index < -0.39 is 0 Å². The molecule has 3 aromatic rings. The molecule has 0 radical (unpaired) electrons. The number of hydrogen-bond acceptors (Lipinski definition) is 6. The maximum absolute atomic E-state index is 7.69. The molecule has 3 N–H and O–H groups in total. The summed E-state index contributed by atoms with van der Waals surface area (Å²) in [5.74, 6) is 1.72. The molecule has 1 aromatic carbocycles. The van der Waals surface area contributed by atoms with E-state index in [1.807, 2.05) is 35.1 Å². The van der Waals surface area contributed by atoms with Crippen LogP contribution < -0.4 is 5.73 Å². The fourth-order valence-corrected chi connectivity index (χ4v) is 3.70. The molecule has 2 aliphatic rings. The van der Waals surface area contributed by atoms with E-state index in [1.165, 1.54) is 12.8 Å². The summed E-state index contributed by atoms with van der Waals surface area (Å²) in [7, 11) is 0. The maximum Gasteiger partial charge on any atom is 0.249 e. The molecule has 0 unspecified atom stereocenters. The van der Waals surface area contributed by atoms with Gasteiger partial charge in [0.25, 0.3) is 0 Å². The Morgan fingerprint density at radius 2 is 2.00 bits per heavy atom. The first-order valence-corrected chi connectivity index (χ1v) is 9.61. The SMILES string of the molecule is Cl.N=C(N)N1CCC[C@H]1c1nc(-c2ccc(Cn3cc(C4CC4)nn3)cc2)no1. The Morgan fingerprint density at radius 3 is 2.72 bits per heavy atom. The maximum atomic E-state index is 7.69. The predicted octanol–water partition coefficient (Wildman–Crippen LogP) is 2.71. The number of hydrogen-bond donors (Lipinski definition) is 2. The molecule has 152 valence electrons. The lowest BCUT2D eigenvalue weighted by Crippen LogP contribution is -2.35. The van der Waals surface area contributed by atoms with E-state index in [4.69, 9.17) is 15.7 Å². The number of nitrogens with zero attached hydrogens (tertiary/aromatic N) is 6. The van der Waals surface area contributed by atoms with Gasteiger partial charge in [0.1, 0.15) is 6.04 Å². The van der Waals surface area contributed by atoms with E-state index in [2.05, 4.69) is 20.5 Å². The molecule has 9 nitrogen and oxygen atoms in total. The van der Waals surface area contributed by atoms with Crippen LogP contribution in [0, 0.1) is 5.41 Å². The van der Waals surface area contributed by atoms with Crippen molar-refractivity contribution >= 4 is 18.4 Å². The van der Waals surface area contributed by atoms with Crippen molar-refractivity contribution in [3.63, 3.8) is 0 Å². The van der Waals surface area contributed by atoms with Crippen LogP contribution in [0.4, 0.5) is 0 Å². The van der Waals surface area contributed by atoms with Crippen molar-refractivity contribution < 1.29 is 4.52 Å². The van der Waals surface area contributed by atoms with Crippen molar-refractivity contribution in [2.24, 2.45) is 5.73 Å². The monoisotopic (exact) mass is 414 g/mol.